The first-order chi connectivity index (χ1) is 7.34. The third-order valence-corrected chi connectivity index (χ3v) is 2.50. The van der Waals surface area contributed by atoms with Crippen LogP contribution in [0, 0.1) is 3.83 Å². The first-order valence-corrected chi connectivity index (χ1v) is 5.34. The van der Waals surface area contributed by atoms with Crippen LogP contribution in [0.25, 0.3) is 17.0 Å². The Hall–Kier alpha value is -1.44. The monoisotopic (exact) mass is 312 g/mol. The maximum absolute atomic E-state index is 5.09. The summed E-state index contributed by atoms with van der Waals surface area (Å²) in [6.45, 7) is 0. The van der Waals surface area contributed by atoms with Crippen LogP contribution in [-0.2, 0) is 0 Å². The van der Waals surface area contributed by atoms with Crippen LogP contribution in [0.2, 0.25) is 0 Å². The Bertz CT molecular complexity index is 615. The van der Waals surface area contributed by atoms with Crippen molar-refractivity contribution in [2.75, 3.05) is 0 Å². The summed E-state index contributed by atoms with van der Waals surface area (Å²) >= 11 is 2.01. The lowest BCUT2D eigenvalue weighted by Crippen LogP contribution is -1.83. The molecule has 74 valence electrons. The molecule has 0 spiro atoms. The average Bonchev–Trinajstić information content (AvgIpc) is 2.83. The zero-order chi connectivity index (χ0) is 10.3. The molecule has 0 N–H and O–H groups in total. The van der Waals surface area contributed by atoms with E-state index in [-0.39, 0.29) is 0 Å². The van der Waals surface area contributed by atoms with E-state index in [0.29, 0.717) is 9.72 Å². The van der Waals surface area contributed by atoms with Crippen molar-refractivity contribution in [3.63, 3.8) is 0 Å². The lowest BCUT2D eigenvalue weighted by molar-refractivity contribution is 0.426. The maximum Gasteiger partial charge on any atom is 0.262 e. The van der Waals surface area contributed by atoms with Gasteiger partial charge in [0.2, 0.25) is 3.83 Å². The molecule has 5 nitrogen and oxygen atoms in total. The van der Waals surface area contributed by atoms with Crippen LogP contribution in [-0.4, -0.2) is 19.8 Å². The van der Waals surface area contributed by atoms with Crippen LogP contribution >= 0.6 is 22.6 Å². The number of halogens is 1. The van der Waals surface area contributed by atoms with Gasteiger partial charge in [-0.05, 0) is 12.1 Å². The average molecular weight is 312 g/mol. The highest BCUT2D eigenvalue weighted by Gasteiger charge is 2.12. The highest BCUT2D eigenvalue weighted by molar-refractivity contribution is 14.1. The lowest BCUT2D eigenvalue weighted by Gasteiger charge is -1.91. The van der Waals surface area contributed by atoms with Gasteiger partial charge in [-0.15, -0.1) is 0 Å². The Labute approximate surface area is 98.2 Å². The topological polar surface area (TPSA) is 56.2 Å². The quantitative estimate of drug-likeness (QED) is 0.645. The van der Waals surface area contributed by atoms with Crippen molar-refractivity contribution in [1.29, 1.82) is 0 Å². The fourth-order valence-corrected chi connectivity index (χ4v) is 1.73. The summed E-state index contributed by atoms with van der Waals surface area (Å²) in [5, 5.41) is 7.93. The van der Waals surface area contributed by atoms with Crippen LogP contribution < -0.4 is 0 Å². The van der Waals surface area contributed by atoms with Crippen LogP contribution in [0.4, 0.5) is 0 Å². The van der Waals surface area contributed by atoms with Gasteiger partial charge in [-0.1, -0.05) is 11.2 Å². The van der Waals surface area contributed by atoms with Gasteiger partial charge in [0.15, 0.2) is 0 Å². The van der Waals surface area contributed by atoms with Crippen LogP contribution in [0.5, 0.6) is 0 Å². The Morgan fingerprint density at radius 1 is 1.33 bits per heavy atom. The molecular formula is C9H5IN4O. The summed E-state index contributed by atoms with van der Waals surface area (Å²) in [5.74, 6) is 0.501. The molecule has 0 fully saturated rings. The van der Waals surface area contributed by atoms with Gasteiger partial charge in [0.05, 0.1) is 17.3 Å². The molecule has 0 bridgehead atoms. The molecule has 0 atom stereocenters. The maximum atomic E-state index is 5.09. The minimum Gasteiger partial charge on any atom is -0.333 e. The fourth-order valence-electron chi connectivity index (χ4n) is 1.41. The minimum atomic E-state index is 0.501. The second-order valence-electron chi connectivity index (χ2n) is 2.96. The molecule has 3 aromatic rings. The molecule has 3 rings (SSSR count). The summed E-state index contributed by atoms with van der Waals surface area (Å²) in [6, 6.07) is 5.82. The van der Waals surface area contributed by atoms with Gasteiger partial charge in [0, 0.05) is 28.8 Å². The van der Waals surface area contributed by atoms with E-state index in [0.717, 1.165) is 11.1 Å². The Kier molecular flexibility index (Phi) is 1.94. The minimum absolute atomic E-state index is 0.501. The molecule has 3 heterocycles. The molecule has 15 heavy (non-hydrogen) atoms. The van der Waals surface area contributed by atoms with Gasteiger partial charge in [0.25, 0.3) is 5.89 Å². The number of hydrogen-bond donors (Lipinski definition) is 0. The number of pyridine rings is 1. The predicted molar refractivity (Wildman–Crippen MR) is 61.2 cm³/mol. The zero-order valence-electron chi connectivity index (χ0n) is 7.46. The van der Waals surface area contributed by atoms with E-state index >= 15 is 0 Å². The predicted octanol–water partition coefficient (Wildman–Crippen LogP) is 1.99. The lowest BCUT2D eigenvalue weighted by atomic mass is 10.2. The number of aromatic nitrogens is 4. The molecule has 0 aliphatic rings. The van der Waals surface area contributed by atoms with Gasteiger partial charge < -0.3 is 4.52 Å². The molecule has 0 amide bonds. The van der Waals surface area contributed by atoms with Gasteiger partial charge >= 0.3 is 0 Å². The molecule has 0 saturated heterocycles. The molecule has 0 unspecified atom stereocenters. The van der Waals surface area contributed by atoms with Gasteiger partial charge in [0.1, 0.15) is 0 Å². The van der Waals surface area contributed by atoms with Crippen molar-refractivity contribution >= 4 is 28.1 Å². The first-order valence-electron chi connectivity index (χ1n) is 4.26. The van der Waals surface area contributed by atoms with Gasteiger partial charge in [-0.25, -0.2) is 4.52 Å². The third-order valence-electron chi connectivity index (χ3n) is 2.06. The normalized spacial score (nSPS) is 11.0. The molecule has 0 radical (unpaired) electrons. The standard InChI is InChI=1S/C9H5IN4O/c10-9-12-8(15-13-9)6-5-11-14-4-2-1-3-7(6)14/h1-5H. The van der Waals surface area contributed by atoms with E-state index in [1.54, 1.807) is 10.7 Å². The molecule has 3 aromatic heterocycles. The van der Waals surface area contributed by atoms with Gasteiger partial charge in [-0.2, -0.15) is 10.1 Å². The summed E-state index contributed by atoms with van der Waals surface area (Å²) in [7, 11) is 0. The smallest absolute Gasteiger partial charge is 0.262 e. The van der Waals surface area contributed by atoms with Crippen molar-refractivity contribution in [2.45, 2.75) is 0 Å². The molecule has 0 aliphatic carbocycles. The highest BCUT2D eigenvalue weighted by Crippen LogP contribution is 2.22. The summed E-state index contributed by atoms with van der Waals surface area (Å²) in [6.07, 6.45) is 3.60. The van der Waals surface area contributed by atoms with Crippen molar-refractivity contribution < 1.29 is 4.52 Å². The Morgan fingerprint density at radius 2 is 2.27 bits per heavy atom. The SMILES string of the molecule is Ic1noc(-c2cnn3ccccc23)n1. The van der Waals surface area contributed by atoms with Crippen molar-refractivity contribution in [2.24, 2.45) is 0 Å². The summed E-state index contributed by atoms with van der Waals surface area (Å²) in [5.41, 5.74) is 1.81. The van der Waals surface area contributed by atoms with Crippen molar-refractivity contribution in [3.8, 4) is 11.5 Å². The molecular weight excluding hydrogens is 307 g/mol. The number of rotatable bonds is 1. The van der Waals surface area contributed by atoms with Crippen molar-refractivity contribution in [1.82, 2.24) is 19.8 Å². The zero-order valence-corrected chi connectivity index (χ0v) is 9.62. The van der Waals surface area contributed by atoms with E-state index in [9.17, 15) is 0 Å². The van der Waals surface area contributed by atoms with E-state index in [4.69, 9.17) is 4.52 Å². The summed E-state index contributed by atoms with van der Waals surface area (Å²) in [4.78, 5) is 4.16. The largest absolute Gasteiger partial charge is 0.333 e. The van der Waals surface area contributed by atoms with Crippen LogP contribution in [0.15, 0.2) is 35.1 Å². The second-order valence-corrected chi connectivity index (χ2v) is 3.92. The summed E-state index contributed by atoms with van der Waals surface area (Å²) < 4.78 is 7.46. The number of fused-ring (bicyclic) bond motifs is 1. The van der Waals surface area contributed by atoms with Crippen LogP contribution in [0.1, 0.15) is 0 Å². The Morgan fingerprint density at radius 3 is 3.07 bits per heavy atom. The van der Waals surface area contributed by atoms with Crippen molar-refractivity contribution in [3.05, 3.63) is 34.4 Å². The molecule has 0 aliphatic heterocycles. The van der Waals surface area contributed by atoms with E-state index < -0.39 is 0 Å². The van der Waals surface area contributed by atoms with E-state index in [1.807, 2.05) is 47.0 Å². The molecule has 6 heteroatoms. The fraction of sp³-hybridized carbons (Fsp3) is 0. The molecule has 0 aromatic carbocycles. The first kappa shape index (κ1) is 8.84. The van der Waals surface area contributed by atoms with E-state index in [1.165, 1.54) is 0 Å². The van der Waals surface area contributed by atoms with Crippen LogP contribution in [0.3, 0.4) is 0 Å². The number of nitrogens with zero attached hydrogens (tertiary/aromatic N) is 4. The number of hydrogen-bond acceptors (Lipinski definition) is 4. The third kappa shape index (κ3) is 1.41. The molecule has 0 saturated carbocycles. The Balaban J connectivity index is 2.27. The van der Waals surface area contributed by atoms with E-state index in [2.05, 4.69) is 15.2 Å². The van der Waals surface area contributed by atoms with Gasteiger partial charge in [-0.3, -0.25) is 0 Å². The highest BCUT2D eigenvalue weighted by atomic mass is 127. The second kappa shape index (κ2) is 3.30.